The van der Waals surface area contributed by atoms with Gasteiger partial charge in [0.1, 0.15) is 0 Å². The normalized spacial score (nSPS) is 13.4. The summed E-state index contributed by atoms with van der Waals surface area (Å²) in [6.07, 6.45) is 2.28. The van der Waals surface area contributed by atoms with Gasteiger partial charge in [-0.1, -0.05) is 72.8 Å². The molecule has 4 aromatic carbocycles. The van der Waals surface area contributed by atoms with E-state index in [0.29, 0.717) is 0 Å². The number of anilines is 1. The van der Waals surface area contributed by atoms with Crippen molar-refractivity contribution in [2.75, 3.05) is 18.6 Å². The Labute approximate surface area is 159 Å². The van der Waals surface area contributed by atoms with Gasteiger partial charge < -0.3 is 4.90 Å². The summed E-state index contributed by atoms with van der Waals surface area (Å²) in [7, 11) is 2.18. The van der Waals surface area contributed by atoms with E-state index in [-0.39, 0.29) is 0 Å². The van der Waals surface area contributed by atoms with Crippen LogP contribution in [0.3, 0.4) is 0 Å². The molecule has 0 aromatic heterocycles. The minimum Gasteiger partial charge on any atom is -0.318 e. The van der Waals surface area contributed by atoms with Crippen LogP contribution in [0.1, 0.15) is 5.56 Å². The van der Waals surface area contributed by atoms with Gasteiger partial charge in [0.05, 0.1) is 11.3 Å². The van der Waals surface area contributed by atoms with Gasteiger partial charge in [-0.3, -0.25) is 0 Å². The lowest BCUT2D eigenvalue weighted by molar-refractivity contribution is -0.435. The van der Waals surface area contributed by atoms with Gasteiger partial charge in [-0.2, -0.15) is 4.58 Å². The second-order valence-corrected chi connectivity index (χ2v) is 7.05. The van der Waals surface area contributed by atoms with E-state index in [1.54, 1.807) is 0 Å². The summed E-state index contributed by atoms with van der Waals surface area (Å²) < 4.78 is 2.31. The zero-order chi connectivity index (χ0) is 18.2. The van der Waals surface area contributed by atoms with E-state index in [2.05, 4.69) is 114 Å². The maximum absolute atomic E-state index is 2.36. The SMILES string of the molecule is CN1C[N+](c2ccccc2)=Cc2cc3ccccc3c(-c3ccccc3)c21. The summed E-state index contributed by atoms with van der Waals surface area (Å²) in [6.45, 7) is 0.829. The van der Waals surface area contributed by atoms with Crippen molar-refractivity contribution in [2.45, 2.75) is 0 Å². The maximum atomic E-state index is 2.36. The lowest BCUT2D eigenvalue weighted by atomic mass is 9.92. The summed E-state index contributed by atoms with van der Waals surface area (Å²) in [5, 5.41) is 2.57. The van der Waals surface area contributed by atoms with E-state index in [4.69, 9.17) is 0 Å². The topological polar surface area (TPSA) is 6.25 Å². The van der Waals surface area contributed by atoms with Crippen molar-refractivity contribution < 1.29 is 4.58 Å². The van der Waals surface area contributed by atoms with Crippen LogP contribution < -0.4 is 4.90 Å². The molecule has 1 heterocycles. The average molecular weight is 349 g/mol. The fourth-order valence-corrected chi connectivity index (χ4v) is 4.05. The number of fused-ring (bicyclic) bond motifs is 2. The molecular weight excluding hydrogens is 328 g/mol. The minimum atomic E-state index is 0.829. The summed E-state index contributed by atoms with van der Waals surface area (Å²) in [5.74, 6) is 0. The molecule has 2 heteroatoms. The van der Waals surface area contributed by atoms with Gasteiger partial charge in [0, 0.05) is 24.7 Å². The number of hydrogen-bond donors (Lipinski definition) is 0. The van der Waals surface area contributed by atoms with E-state index in [1.165, 1.54) is 38.8 Å². The van der Waals surface area contributed by atoms with Crippen LogP contribution in [0, 0.1) is 0 Å². The highest BCUT2D eigenvalue weighted by Crippen LogP contribution is 2.41. The van der Waals surface area contributed by atoms with Gasteiger partial charge in [-0.15, -0.1) is 0 Å². The summed E-state index contributed by atoms with van der Waals surface area (Å²) in [4.78, 5) is 2.36. The molecule has 1 aliphatic rings. The smallest absolute Gasteiger partial charge is 0.224 e. The third kappa shape index (κ3) is 2.70. The monoisotopic (exact) mass is 349 g/mol. The third-order valence-corrected chi connectivity index (χ3v) is 5.24. The van der Waals surface area contributed by atoms with E-state index >= 15 is 0 Å². The molecule has 130 valence electrons. The van der Waals surface area contributed by atoms with Gasteiger partial charge >= 0.3 is 0 Å². The van der Waals surface area contributed by atoms with Crippen LogP contribution in [0.5, 0.6) is 0 Å². The highest BCUT2D eigenvalue weighted by molar-refractivity contribution is 6.09. The Balaban J connectivity index is 1.82. The molecule has 27 heavy (non-hydrogen) atoms. The Bertz CT molecular complexity index is 1150. The van der Waals surface area contributed by atoms with Crippen molar-refractivity contribution in [1.29, 1.82) is 0 Å². The first kappa shape index (κ1) is 15.8. The standard InChI is InChI=1S/C25H21N2/c1-26-18-27(22-13-6-3-7-14-22)17-21-16-20-12-8-9-15-23(20)24(25(21)26)19-10-4-2-5-11-19/h2-17H,18H2,1H3/q+1. The molecule has 5 rings (SSSR count). The third-order valence-electron chi connectivity index (χ3n) is 5.24. The van der Waals surface area contributed by atoms with Crippen LogP contribution in [0.4, 0.5) is 11.4 Å². The van der Waals surface area contributed by atoms with E-state index < -0.39 is 0 Å². The molecule has 1 aliphatic heterocycles. The van der Waals surface area contributed by atoms with Gasteiger partial charge in [-0.25, -0.2) is 0 Å². The van der Waals surface area contributed by atoms with Crippen molar-refractivity contribution >= 4 is 28.4 Å². The molecule has 0 aliphatic carbocycles. The molecule has 0 N–H and O–H groups in total. The summed E-state index contributed by atoms with van der Waals surface area (Å²) >= 11 is 0. The van der Waals surface area contributed by atoms with Crippen LogP contribution in [0.2, 0.25) is 0 Å². The summed E-state index contributed by atoms with van der Waals surface area (Å²) in [5.41, 5.74) is 6.34. The Hall–Kier alpha value is -3.39. The molecule has 0 bridgehead atoms. The molecule has 0 amide bonds. The van der Waals surface area contributed by atoms with Gasteiger partial charge in [0.25, 0.3) is 0 Å². The Morgan fingerprint density at radius 3 is 2.22 bits per heavy atom. The van der Waals surface area contributed by atoms with Crippen molar-refractivity contribution in [3.63, 3.8) is 0 Å². The molecular formula is C25H21N2+. The zero-order valence-corrected chi connectivity index (χ0v) is 15.3. The van der Waals surface area contributed by atoms with Crippen molar-refractivity contribution in [3.05, 3.63) is 96.6 Å². The number of benzene rings is 4. The van der Waals surface area contributed by atoms with E-state index in [9.17, 15) is 0 Å². The first-order valence-corrected chi connectivity index (χ1v) is 9.30. The molecule has 0 fully saturated rings. The fraction of sp³-hybridized carbons (Fsp3) is 0.0800. The molecule has 0 saturated heterocycles. The molecule has 0 saturated carbocycles. The quantitative estimate of drug-likeness (QED) is 0.422. The van der Waals surface area contributed by atoms with Gasteiger partial charge in [0.2, 0.25) is 12.4 Å². The zero-order valence-electron chi connectivity index (χ0n) is 15.3. The molecule has 2 nitrogen and oxygen atoms in total. The molecule has 0 spiro atoms. The molecule has 0 radical (unpaired) electrons. The fourth-order valence-electron chi connectivity index (χ4n) is 4.05. The largest absolute Gasteiger partial charge is 0.318 e. The number of hydrogen-bond acceptors (Lipinski definition) is 1. The van der Waals surface area contributed by atoms with Crippen LogP contribution in [-0.4, -0.2) is 24.5 Å². The highest BCUT2D eigenvalue weighted by Gasteiger charge is 2.26. The Morgan fingerprint density at radius 2 is 1.44 bits per heavy atom. The Kier molecular flexibility index (Phi) is 3.75. The predicted octanol–water partition coefficient (Wildman–Crippen LogP) is 5.68. The van der Waals surface area contributed by atoms with E-state index in [1.807, 2.05) is 0 Å². The lowest BCUT2D eigenvalue weighted by Gasteiger charge is -2.27. The second-order valence-electron chi connectivity index (χ2n) is 7.05. The summed E-state index contributed by atoms with van der Waals surface area (Å²) in [6, 6.07) is 32.3. The first-order chi connectivity index (χ1) is 13.3. The number of para-hydroxylation sites is 1. The minimum absolute atomic E-state index is 0.829. The van der Waals surface area contributed by atoms with Crippen molar-refractivity contribution in [2.24, 2.45) is 0 Å². The number of rotatable bonds is 2. The first-order valence-electron chi connectivity index (χ1n) is 9.30. The second kappa shape index (κ2) is 6.40. The number of nitrogens with zero attached hydrogens (tertiary/aromatic N) is 2. The predicted molar refractivity (Wildman–Crippen MR) is 114 cm³/mol. The average Bonchev–Trinajstić information content (AvgIpc) is 2.73. The van der Waals surface area contributed by atoms with Gasteiger partial charge in [0.15, 0.2) is 6.21 Å². The maximum Gasteiger partial charge on any atom is 0.224 e. The van der Waals surface area contributed by atoms with Crippen molar-refractivity contribution in [3.8, 4) is 11.1 Å². The van der Waals surface area contributed by atoms with Crippen LogP contribution in [-0.2, 0) is 0 Å². The van der Waals surface area contributed by atoms with E-state index in [0.717, 1.165) is 6.67 Å². The van der Waals surface area contributed by atoms with Crippen molar-refractivity contribution in [1.82, 2.24) is 0 Å². The van der Waals surface area contributed by atoms with Gasteiger partial charge in [-0.05, 0) is 22.4 Å². The molecule has 4 aromatic rings. The van der Waals surface area contributed by atoms with Crippen LogP contribution in [0.15, 0.2) is 91.0 Å². The molecule has 0 atom stereocenters. The molecule has 0 unspecified atom stereocenters. The van der Waals surface area contributed by atoms with Crippen LogP contribution in [0.25, 0.3) is 21.9 Å². The lowest BCUT2D eigenvalue weighted by Crippen LogP contribution is -2.32. The Morgan fingerprint density at radius 1 is 0.778 bits per heavy atom. The highest BCUT2D eigenvalue weighted by atomic mass is 15.3. The van der Waals surface area contributed by atoms with Crippen LogP contribution >= 0.6 is 0 Å².